The first kappa shape index (κ1) is 13.2. The standard InChI is InChI=1S/C17H16ClNO/c1-17(11-12-6-5-7-13(18)10-12)14-8-3-4-9-15(14)19(2)16(17)20/h3-10H,11H2,1-2H3. The molecule has 2 aromatic carbocycles. The molecule has 0 radical (unpaired) electrons. The summed E-state index contributed by atoms with van der Waals surface area (Å²) in [6.45, 7) is 2.01. The molecule has 1 aliphatic heterocycles. The number of rotatable bonds is 2. The van der Waals surface area contributed by atoms with Gasteiger partial charge in [-0.05, 0) is 42.7 Å². The average molecular weight is 286 g/mol. The number of anilines is 1. The van der Waals surface area contributed by atoms with Gasteiger partial charge in [-0.25, -0.2) is 0 Å². The molecule has 0 spiro atoms. The lowest BCUT2D eigenvalue weighted by Crippen LogP contribution is -2.37. The van der Waals surface area contributed by atoms with Gasteiger partial charge in [0, 0.05) is 17.8 Å². The largest absolute Gasteiger partial charge is 0.314 e. The van der Waals surface area contributed by atoms with Gasteiger partial charge in [-0.3, -0.25) is 4.79 Å². The van der Waals surface area contributed by atoms with Crippen LogP contribution in [0.1, 0.15) is 18.1 Å². The van der Waals surface area contributed by atoms with Crippen molar-refractivity contribution < 1.29 is 4.79 Å². The number of likely N-dealkylation sites (N-methyl/N-ethyl adjacent to an activating group) is 1. The highest BCUT2D eigenvalue weighted by Crippen LogP contribution is 2.42. The van der Waals surface area contributed by atoms with E-state index in [1.54, 1.807) is 4.90 Å². The van der Waals surface area contributed by atoms with Crippen LogP contribution in [0.4, 0.5) is 5.69 Å². The minimum absolute atomic E-state index is 0.138. The Morgan fingerprint density at radius 1 is 1.15 bits per heavy atom. The number of benzene rings is 2. The Morgan fingerprint density at radius 2 is 1.90 bits per heavy atom. The zero-order valence-electron chi connectivity index (χ0n) is 11.6. The predicted molar refractivity (Wildman–Crippen MR) is 82.4 cm³/mol. The van der Waals surface area contributed by atoms with Crippen LogP contribution >= 0.6 is 11.6 Å². The molecule has 1 heterocycles. The van der Waals surface area contributed by atoms with E-state index in [2.05, 4.69) is 0 Å². The smallest absolute Gasteiger partial charge is 0.237 e. The van der Waals surface area contributed by atoms with Crippen molar-refractivity contribution in [2.75, 3.05) is 11.9 Å². The summed E-state index contributed by atoms with van der Waals surface area (Å²) < 4.78 is 0. The van der Waals surface area contributed by atoms with Gasteiger partial charge in [0.2, 0.25) is 5.91 Å². The summed E-state index contributed by atoms with van der Waals surface area (Å²) in [5.41, 5.74) is 2.66. The first-order valence-corrected chi connectivity index (χ1v) is 7.02. The van der Waals surface area contributed by atoms with E-state index in [9.17, 15) is 4.79 Å². The molecule has 1 unspecified atom stereocenters. The maximum atomic E-state index is 12.7. The fourth-order valence-corrected chi connectivity index (χ4v) is 3.27. The molecule has 102 valence electrons. The first-order chi connectivity index (χ1) is 9.52. The molecule has 1 atom stereocenters. The van der Waals surface area contributed by atoms with Crippen LogP contribution in [0.2, 0.25) is 5.02 Å². The van der Waals surface area contributed by atoms with Gasteiger partial charge < -0.3 is 4.90 Å². The molecule has 0 aliphatic carbocycles. The van der Waals surface area contributed by atoms with Crippen molar-refractivity contribution in [2.24, 2.45) is 0 Å². The summed E-state index contributed by atoms with van der Waals surface area (Å²) in [7, 11) is 1.84. The molecule has 0 saturated heterocycles. The highest BCUT2D eigenvalue weighted by molar-refractivity contribution is 6.30. The van der Waals surface area contributed by atoms with Crippen molar-refractivity contribution in [1.29, 1.82) is 0 Å². The molecule has 2 nitrogen and oxygen atoms in total. The van der Waals surface area contributed by atoms with Crippen LogP contribution in [0.15, 0.2) is 48.5 Å². The Morgan fingerprint density at radius 3 is 2.65 bits per heavy atom. The van der Waals surface area contributed by atoms with Crippen molar-refractivity contribution in [3.63, 3.8) is 0 Å². The second kappa shape index (κ2) is 4.64. The van der Waals surface area contributed by atoms with Gasteiger partial charge in [0.05, 0.1) is 5.41 Å². The molecular weight excluding hydrogens is 270 g/mol. The summed E-state index contributed by atoms with van der Waals surface area (Å²) >= 11 is 6.05. The van der Waals surface area contributed by atoms with Gasteiger partial charge in [-0.15, -0.1) is 0 Å². The first-order valence-electron chi connectivity index (χ1n) is 6.64. The molecule has 0 fully saturated rings. The summed E-state index contributed by atoms with van der Waals surface area (Å²) in [5, 5.41) is 0.707. The highest BCUT2D eigenvalue weighted by atomic mass is 35.5. The fraction of sp³-hybridized carbons (Fsp3) is 0.235. The van der Waals surface area contributed by atoms with Crippen molar-refractivity contribution in [2.45, 2.75) is 18.8 Å². The van der Waals surface area contributed by atoms with Gasteiger partial charge >= 0.3 is 0 Å². The number of nitrogens with zero attached hydrogens (tertiary/aromatic N) is 1. The van der Waals surface area contributed by atoms with Gasteiger partial charge in [-0.2, -0.15) is 0 Å². The maximum absolute atomic E-state index is 12.7. The van der Waals surface area contributed by atoms with Crippen molar-refractivity contribution >= 4 is 23.2 Å². The van der Waals surface area contributed by atoms with Crippen LogP contribution in [0.3, 0.4) is 0 Å². The van der Waals surface area contributed by atoms with Crippen LogP contribution in [-0.2, 0) is 16.6 Å². The lowest BCUT2D eigenvalue weighted by Gasteiger charge is -2.23. The number of carbonyl (C=O) groups is 1. The zero-order valence-corrected chi connectivity index (χ0v) is 12.3. The molecule has 1 amide bonds. The number of para-hydroxylation sites is 1. The number of halogens is 1. The van der Waals surface area contributed by atoms with E-state index < -0.39 is 5.41 Å². The molecule has 0 bridgehead atoms. The van der Waals surface area contributed by atoms with Gasteiger partial charge in [0.25, 0.3) is 0 Å². The molecular formula is C17H16ClNO. The highest BCUT2D eigenvalue weighted by Gasteiger charge is 2.45. The summed E-state index contributed by atoms with van der Waals surface area (Å²) in [5.74, 6) is 0.138. The second-order valence-electron chi connectivity index (χ2n) is 5.52. The maximum Gasteiger partial charge on any atom is 0.237 e. The quantitative estimate of drug-likeness (QED) is 0.821. The topological polar surface area (TPSA) is 20.3 Å². The van der Waals surface area contributed by atoms with Crippen LogP contribution in [-0.4, -0.2) is 13.0 Å². The van der Waals surface area contributed by atoms with Crippen molar-refractivity contribution in [3.8, 4) is 0 Å². The SMILES string of the molecule is CN1C(=O)C(C)(Cc2cccc(Cl)c2)c2ccccc21. The van der Waals surface area contributed by atoms with Gasteiger partial charge in [-0.1, -0.05) is 41.9 Å². The number of hydrogen-bond acceptors (Lipinski definition) is 1. The molecule has 1 aliphatic rings. The van der Waals surface area contributed by atoms with Crippen LogP contribution < -0.4 is 4.90 Å². The van der Waals surface area contributed by atoms with E-state index in [4.69, 9.17) is 11.6 Å². The van der Waals surface area contributed by atoms with Crippen LogP contribution in [0.5, 0.6) is 0 Å². The van der Waals surface area contributed by atoms with Crippen LogP contribution in [0, 0.1) is 0 Å². The lowest BCUT2D eigenvalue weighted by atomic mass is 9.78. The number of carbonyl (C=O) groups excluding carboxylic acids is 1. The third-order valence-corrected chi connectivity index (χ3v) is 4.32. The zero-order chi connectivity index (χ0) is 14.3. The third kappa shape index (κ3) is 1.92. The molecule has 3 rings (SSSR count). The second-order valence-corrected chi connectivity index (χ2v) is 5.96. The van der Waals surface area contributed by atoms with E-state index in [0.717, 1.165) is 16.8 Å². The summed E-state index contributed by atoms with van der Waals surface area (Å²) in [6.07, 6.45) is 0.660. The van der Waals surface area contributed by atoms with Gasteiger partial charge in [0.1, 0.15) is 0 Å². The van der Waals surface area contributed by atoms with Crippen molar-refractivity contribution in [1.82, 2.24) is 0 Å². The molecule has 0 N–H and O–H groups in total. The van der Waals surface area contributed by atoms with Crippen molar-refractivity contribution in [3.05, 3.63) is 64.7 Å². The lowest BCUT2D eigenvalue weighted by molar-refractivity contribution is -0.122. The molecule has 0 aromatic heterocycles. The predicted octanol–water partition coefficient (Wildman–Crippen LogP) is 3.82. The van der Waals surface area contributed by atoms with E-state index in [1.165, 1.54) is 0 Å². The Labute approximate surface area is 124 Å². The average Bonchev–Trinajstić information content (AvgIpc) is 2.62. The normalized spacial score (nSPS) is 21.1. The monoisotopic (exact) mass is 285 g/mol. The van der Waals surface area contributed by atoms with E-state index >= 15 is 0 Å². The third-order valence-electron chi connectivity index (χ3n) is 4.08. The number of hydrogen-bond donors (Lipinski definition) is 0. The fourth-order valence-electron chi connectivity index (χ4n) is 3.05. The minimum atomic E-state index is -0.518. The number of amides is 1. The van der Waals surface area contributed by atoms with E-state index in [-0.39, 0.29) is 5.91 Å². The molecule has 2 aromatic rings. The molecule has 3 heteroatoms. The van der Waals surface area contributed by atoms with E-state index in [0.29, 0.717) is 11.4 Å². The summed E-state index contributed by atoms with van der Waals surface area (Å²) in [4.78, 5) is 14.4. The molecule has 20 heavy (non-hydrogen) atoms. The number of fused-ring (bicyclic) bond motifs is 1. The summed E-state index contributed by atoms with van der Waals surface area (Å²) in [6, 6.07) is 15.7. The van der Waals surface area contributed by atoms with Crippen LogP contribution in [0.25, 0.3) is 0 Å². The Bertz CT molecular complexity index is 682. The minimum Gasteiger partial charge on any atom is -0.314 e. The molecule has 0 saturated carbocycles. The van der Waals surface area contributed by atoms with Gasteiger partial charge in [0.15, 0.2) is 0 Å². The Kier molecular flexibility index (Phi) is 3.06. The Hall–Kier alpha value is -1.80. The Balaban J connectivity index is 2.05. The van der Waals surface area contributed by atoms with E-state index in [1.807, 2.05) is 62.5 Å².